The first-order chi connectivity index (χ1) is 8.90. The Balaban J connectivity index is 2.72. The molecule has 1 heterocycles. The summed E-state index contributed by atoms with van der Waals surface area (Å²) in [6.45, 7) is 6.51. The van der Waals surface area contributed by atoms with Gasteiger partial charge < -0.3 is 10.0 Å². The van der Waals surface area contributed by atoms with Crippen molar-refractivity contribution in [2.45, 2.75) is 33.2 Å². The first-order valence-corrected chi connectivity index (χ1v) is 6.36. The lowest BCUT2D eigenvalue weighted by atomic mass is 10.0. The van der Waals surface area contributed by atoms with Crippen LogP contribution in [0.25, 0.3) is 6.08 Å². The summed E-state index contributed by atoms with van der Waals surface area (Å²) >= 11 is 0. The summed E-state index contributed by atoms with van der Waals surface area (Å²) in [5, 5.41) is 8.54. The van der Waals surface area contributed by atoms with E-state index >= 15 is 0 Å². The Morgan fingerprint density at radius 2 is 1.95 bits per heavy atom. The summed E-state index contributed by atoms with van der Waals surface area (Å²) in [6.07, 6.45) is 6.87. The highest BCUT2D eigenvalue weighted by Crippen LogP contribution is 2.15. The minimum atomic E-state index is -0.980. The number of hydrogen-bond donors (Lipinski definition) is 1. The second-order valence-corrected chi connectivity index (χ2v) is 5.08. The Labute approximate surface area is 114 Å². The largest absolute Gasteiger partial charge is 0.478 e. The monoisotopic (exact) mass is 263 g/mol. The van der Waals surface area contributed by atoms with Crippen LogP contribution in [0.2, 0.25) is 0 Å². The number of carbonyl (C=O) groups is 1. The Morgan fingerprint density at radius 1 is 1.37 bits per heavy atom. The van der Waals surface area contributed by atoms with Crippen LogP contribution in [0.3, 0.4) is 0 Å². The van der Waals surface area contributed by atoms with Crippen molar-refractivity contribution in [2.24, 2.45) is 5.92 Å². The van der Waals surface area contributed by atoms with E-state index in [1.807, 2.05) is 11.9 Å². The molecule has 1 N–H and O–H groups in total. The molecular weight excluding hydrogens is 242 g/mol. The van der Waals surface area contributed by atoms with E-state index in [9.17, 15) is 4.79 Å². The summed E-state index contributed by atoms with van der Waals surface area (Å²) in [5.74, 6) is 0.294. The highest BCUT2D eigenvalue weighted by atomic mass is 16.4. The van der Waals surface area contributed by atoms with Gasteiger partial charge in [0.15, 0.2) is 0 Å². The molecule has 0 radical (unpaired) electrons. The molecule has 1 unspecified atom stereocenters. The van der Waals surface area contributed by atoms with Crippen LogP contribution >= 0.6 is 0 Å². The molecule has 1 atom stereocenters. The van der Waals surface area contributed by atoms with Gasteiger partial charge in [-0.2, -0.15) is 0 Å². The van der Waals surface area contributed by atoms with E-state index in [-0.39, 0.29) is 0 Å². The van der Waals surface area contributed by atoms with Crippen LogP contribution in [0.5, 0.6) is 0 Å². The fourth-order valence-electron chi connectivity index (χ4n) is 1.80. The van der Waals surface area contributed by atoms with Gasteiger partial charge in [0.1, 0.15) is 0 Å². The van der Waals surface area contributed by atoms with Gasteiger partial charge in [0.2, 0.25) is 5.95 Å². The molecule has 0 saturated heterocycles. The summed E-state index contributed by atoms with van der Waals surface area (Å²) in [4.78, 5) is 20.9. The summed E-state index contributed by atoms with van der Waals surface area (Å²) in [7, 11) is 1.97. The van der Waals surface area contributed by atoms with Crippen molar-refractivity contribution in [3.05, 3.63) is 24.0 Å². The molecule has 0 aliphatic carbocycles. The van der Waals surface area contributed by atoms with E-state index in [1.54, 1.807) is 12.4 Å². The molecule has 0 aliphatic rings. The van der Waals surface area contributed by atoms with Crippen LogP contribution in [-0.2, 0) is 4.79 Å². The predicted molar refractivity (Wildman–Crippen MR) is 76.0 cm³/mol. The van der Waals surface area contributed by atoms with Crippen molar-refractivity contribution in [3.63, 3.8) is 0 Å². The quantitative estimate of drug-likeness (QED) is 0.798. The zero-order chi connectivity index (χ0) is 14.4. The Hall–Kier alpha value is -1.91. The molecule has 0 spiro atoms. The molecule has 0 fully saturated rings. The van der Waals surface area contributed by atoms with Crippen LogP contribution in [-0.4, -0.2) is 34.1 Å². The fourth-order valence-corrected chi connectivity index (χ4v) is 1.80. The van der Waals surface area contributed by atoms with Crippen molar-refractivity contribution < 1.29 is 9.90 Å². The number of carboxylic acids is 1. The maximum Gasteiger partial charge on any atom is 0.328 e. The topological polar surface area (TPSA) is 66.3 Å². The molecule has 19 heavy (non-hydrogen) atoms. The zero-order valence-corrected chi connectivity index (χ0v) is 11.9. The van der Waals surface area contributed by atoms with Crippen LogP contribution in [0.4, 0.5) is 5.95 Å². The highest BCUT2D eigenvalue weighted by Gasteiger charge is 2.13. The molecule has 0 aliphatic heterocycles. The normalized spacial score (nSPS) is 12.9. The van der Waals surface area contributed by atoms with Gasteiger partial charge in [0.25, 0.3) is 0 Å². The third-order valence-electron chi connectivity index (χ3n) is 2.87. The molecule has 5 nitrogen and oxygen atoms in total. The first-order valence-electron chi connectivity index (χ1n) is 6.36. The Bertz CT molecular complexity index is 441. The molecule has 0 saturated carbocycles. The second kappa shape index (κ2) is 6.87. The number of nitrogens with zero attached hydrogens (tertiary/aromatic N) is 3. The predicted octanol–water partition coefficient (Wildman–Crippen LogP) is 2.45. The van der Waals surface area contributed by atoms with E-state index in [2.05, 4.69) is 30.7 Å². The van der Waals surface area contributed by atoms with Crippen LogP contribution < -0.4 is 4.90 Å². The number of aromatic nitrogens is 2. The van der Waals surface area contributed by atoms with Crippen LogP contribution in [0.15, 0.2) is 18.5 Å². The van der Waals surface area contributed by atoms with E-state index in [1.165, 1.54) is 6.08 Å². The van der Waals surface area contributed by atoms with E-state index < -0.39 is 5.97 Å². The highest BCUT2D eigenvalue weighted by molar-refractivity contribution is 5.85. The van der Waals surface area contributed by atoms with Crippen LogP contribution in [0.1, 0.15) is 32.8 Å². The van der Waals surface area contributed by atoms with Gasteiger partial charge in [-0.25, -0.2) is 14.8 Å². The average Bonchev–Trinajstić information content (AvgIpc) is 2.35. The maximum absolute atomic E-state index is 10.4. The Kier molecular flexibility index (Phi) is 5.48. The molecule has 0 bridgehead atoms. The number of rotatable bonds is 6. The van der Waals surface area contributed by atoms with E-state index in [0.29, 0.717) is 23.5 Å². The van der Waals surface area contributed by atoms with Gasteiger partial charge in [-0.05, 0) is 25.3 Å². The van der Waals surface area contributed by atoms with Gasteiger partial charge >= 0.3 is 5.97 Å². The van der Waals surface area contributed by atoms with E-state index in [0.717, 1.165) is 12.5 Å². The summed E-state index contributed by atoms with van der Waals surface area (Å²) < 4.78 is 0. The molecule has 1 aromatic heterocycles. The second-order valence-electron chi connectivity index (χ2n) is 5.08. The molecule has 0 aromatic carbocycles. The standard InChI is InChI=1S/C14H21N3O2/c1-10(2)7-11(3)17(4)14-15-8-12(9-16-14)5-6-13(18)19/h5-6,8-11H,7H2,1-4H3,(H,18,19)/b6-5+. The SMILES string of the molecule is CC(C)CC(C)N(C)c1ncc(/C=C/C(=O)O)cn1. The van der Waals surface area contributed by atoms with Crippen molar-refractivity contribution in [1.82, 2.24) is 9.97 Å². The smallest absolute Gasteiger partial charge is 0.328 e. The number of aliphatic carboxylic acids is 1. The van der Waals surface area contributed by atoms with Crippen molar-refractivity contribution in [3.8, 4) is 0 Å². The van der Waals surface area contributed by atoms with Crippen LogP contribution in [0, 0.1) is 5.92 Å². The van der Waals surface area contributed by atoms with Gasteiger partial charge in [-0.3, -0.25) is 0 Å². The minimum Gasteiger partial charge on any atom is -0.478 e. The lowest BCUT2D eigenvalue weighted by molar-refractivity contribution is -0.131. The molecule has 1 rings (SSSR count). The molecular formula is C14H21N3O2. The third-order valence-corrected chi connectivity index (χ3v) is 2.87. The number of carboxylic acid groups (broad SMARTS) is 1. The Morgan fingerprint density at radius 3 is 2.42 bits per heavy atom. The molecule has 104 valence electrons. The zero-order valence-electron chi connectivity index (χ0n) is 11.9. The minimum absolute atomic E-state index is 0.361. The lowest BCUT2D eigenvalue weighted by Crippen LogP contribution is -2.31. The van der Waals surface area contributed by atoms with Crippen molar-refractivity contribution in [2.75, 3.05) is 11.9 Å². The van der Waals surface area contributed by atoms with Crippen molar-refractivity contribution in [1.29, 1.82) is 0 Å². The van der Waals surface area contributed by atoms with Crippen molar-refractivity contribution >= 4 is 18.0 Å². The molecule has 0 amide bonds. The first kappa shape index (κ1) is 15.1. The third kappa shape index (κ3) is 5.07. The number of anilines is 1. The van der Waals surface area contributed by atoms with Gasteiger partial charge in [0.05, 0.1) is 0 Å². The number of hydrogen-bond acceptors (Lipinski definition) is 4. The summed E-state index contributed by atoms with van der Waals surface area (Å²) in [5.41, 5.74) is 0.677. The lowest BCUT2D eigenvalue weighted by Gasteiger charge is -2.26. The fraction of sp³-hybridized carbons (Fsp3) is 0.500. The average molecular weight is 263 g/mol. The van der Waals surface area contributed by atoms with Gasteiger partial charge in [0, 0.05) is 37.1 Å². The molecule has 1 aromatic rings. The molecule has 5 heteroatoms. The maximum atomic E-state index is 10.4. The van der Waals surface area contributed by atoms with E-state index in [4.69, 9.17) is 5.11 Å². The van der Waals surface area contributed by atoms with Gasteiger partial charge in [-0.15, -0.1) is 0 Å². The summed E-state index contributed by atoms with van der Waals surface area (Å²) in [6, 6.07) is 0.361. The van der Waals surface area contributed by atoms with Gasteiger partial charge in [-0.1, -0.05) is 13.8 Å².